The number of nitrogens with zero attached hydrogens (tertiary/aromatic N) is 2. The van der Waals surface area contributed by atoms with Crippen molar-refractivity contribution >= 4 is 16.0 Å². The molecule has 1 N–H and O–H groups in total. The number of carboxylic acids is 1. The van der Waals surface area contributed by atoms with Crippen LogP contribution in [-0.2, 0) is 16.6 Å². The summed E-state index contributed by atoms with van der Waals surface area (Å²) in [6.07, 6.45) is 0. The van der Waals surface area contributed by atoms with E-state index in [1.807, 2.05) is 0 Å². The van der Waals surface area contributed by atoms with Crippen molar-refractivity contribution in [3.63, 3.8) is 0 Å². The molecule has 0 saturated heterocycles. The zero-order valence-electron chi connectivity index (χ0n) is 12.7. The summed E-state index contributed by atoms with van der Waals surface area (Å²) in [7, 11) is -2.68. The standard InChI is InChI=1S/C14H15FN2O5S/c1-8-4-11(6-12(13(8)15)14(18)19)23(20,21)17(3)7-10-5-9(2)22-16-10/h4-6H,7H2,1-3H3,(H,18,19). The Kier molecular flexibility index (Phi) is 4.53. The van der Waals surface area contributed by atoms with Crippen LogP contribution in [0.4, 0.5) is 4.39 Å². The molecule has 124 valence electrons. The molecular weight excluding hydrogens is 327 g/mol. The minimum Gasteiger partial charge on any atom is -0.478 e. The van der Waals surface area contributed by atoms with Gasteiger partial charge in [-0.25, -0.2) is 17.6 Å². The summed E-state index contributed by atoms with van der Waals surface area (Å²) < 4.78 is 44.7. The zero-order valence-corrected chi connectivity index (χ0v) is 13.5. The molecule has 0 aliphatic heterocycles. The molecule has 0 bridgehead atoms. The SMILES string of the molecule is Cc1cc(CN(C)S(=O)(=O)c2cc(C)c(F)c(C(=O)O)c2)no1. The molecule has 0 radical (unpaired) electrons. The van der Waals surface area contributed by atoms with Crippen molar-refractivity contribution in [3.8, 4) is 0 Å². The first-order valence-electron chi connectivity index (χ1n) is 6.55. The predicted molar refractivity (Wildman–Crippen MR) is 78.0 cm³/mol. The second kappa shape index (κ2) is 6.09. The summed E-state index contributed by atoms with van der Waals surface area (Å²) in [5.41, 5.74) is -0.339. The topological polar surface area (TPSA) is 101 Å². The van der Waals surface area contributed by atoms with Crippen molar-refractivity contribution in [2.75, 3.05) is 7.05 Å². The number of hydrogen-bond donors (Lipinski definition) is 1. The van der Waals surface area contributed by atoms with E-state index in [0.717, 1.165) is 16.4 Å². The fraction of sp³-hybridized carbons (Fsp3) is 0.286. The summed E-state index contributed by atoms with van der Waals surface area (Å²) in [5.74, 6) is -1.94. The van der Waals surface area contributed by atoms with E-state index in [-0.39, 0.29) is 17.0 Å². The highest BCUT2D eigenvalue weighted by atomic mass is 32.2. The third-order valence-electron chi connectivity index (χ3n) is 3.23. The molecule has 2 rings (SSSR count). The van der Waals surface area contributed by atoms with Crippen molar-refractivity contribution in [2.45, 2.75) is 25.3 Å². The molecule has 23 heavy (non-hydrogen) atoms. The summed E-state index contributed by atoms with van der Waals surface area (Å²) in [6.45, 7) is 2.92. The van der Waals surface area contributed by atoms with Gasteiger partial charge in [0.1, 0.15) is 11.6 Å². The van der Waals surface area contributed by atoms with Crippen LogP contribution in [0.3, 0.4) is 0 Å². The molecule has 0 unspecified atom stereocenters. The normalized spacial score (nSPS) is 11.9. The first-order chi connectivity index (χ1) is 10.6. The minimum atomic E-state index is -4.00. The van der Waals surface area contributed by atoms with Crippen molar-refractivity contribution in [2.24, 2.45) is 0 Å². The number of halogens is 1. The van der Waals surface area contributed by atoms with E-state index in [1.54, 1.807) is 13.0 Å². The monoisotopic (exact) mass is 342 g/mol. The summed E-state index contributed by atoms with van der Waals surface area (Å²) >= 11 is 0. The molecule has 0 atom stereocenters. The number of rotatable bonds is 5. The van der Waals surface area contributed by atoms with E-state index in [0.29, 0.717) is 11.5 Å². The third kappa shape index (κ3) is 3.40. The Balaban J connectivity index is 2.41. The van der Waals surface area contributed by atoms with Crippen LogP contribution in [0.2, 0.25) is 0 Å². The summed E-state index contributed by atoms with van der Waals surface area (Å²) in [4.78, 5) is 10.8. The van der Waals surface area contributed by atoms with Crippen LogP contribution in [-0.4, -0.2) is 36.0 Å². The molecule has 9 heteroatoms. The third-order valence-corrected chi connectivity index (χ3v) is 5.01. The molecule has 1 aromatic carbocycles. The Bertz CT molecular complexity index is 860. The number of hydrogen-bond acceptors (Lipinski definition) is 5. The zero-order chi connectivity index (χ0) is 17.4. The van der Waals surface area contributed by atoms with Crippen molar-refractivity contribution in [1.82, 2.24) is 9.46 Å². The number of benzene rings is 1. The van der Waals surface area contributed by atoms with Crippen LogP contribution < -0.4 is 0 Å². The maximum absolute atomic E-state index is 13.8. The number of sulfonamides is 1. The largest absolute Gasteiger partial charge is 0.478 e. The fourth-order valence-electron chi connectivity index (χ4n) is 2.03. The van der Waals surface area contributed by atoms with E-state index >= 15 is 0 Å². The highest BCUT2D eigenvalue weighted by Crippen LogP contribution is 2.22. The van der Waals surface area contributed by atoms with Crippen molar-refractivity contribution < 1.29 is 27.2 Å². The molecule has 2 aromatic rings. The van der Waals surface area contributed by atoms with E-state index in [9.17, 15) is 17.6 Å². The average Bonchev–Trinajstić information content (AvgIpc) is 2.86. The lowest BCUT2D eigenvalue weighted by atomic mass is 10.1. The average molecular weight is 342 g/mol. The van der Waals surface area contributed by atoms with Crippen LogP contribution in [0.25, 0.3) is 0 Å². The summed E-state index contributed by atoms with van der Waals surface area (Å²) in [5, 5.41) is 12.7. The van der Waals surface area contributed by atoms with Gasteiger partial charge in [0, 0.05) is 13.1 Å². The maximum Gasteiger partial charge on any atom is 0.338 e. The maximum atomic E-state index is 13.8. The van der Waals surface area contributed by atoms with Crippen LogP contribution >= 0.6 is 0 Å². The van der Waals surface area contributed by atoms with Gasteiger partial charge in [0.15, 0.2) is 0 Å². The first-order valence-corrected chi connectivity index (χ1v) is 7.99. The Morgan fingerprint density at radius 2 is 2.00 bits per heavy atom. The second-order valence-corrected chi connectivity index (χ2v) is 7.14. The molecule has 0 aliphatic rings. The Morgan fingerprint density at radius 1 is 1.35 bits per heavy atom. The van der Waals surface area contributed by atoms with Crippen LogP contribution in [0.15, 0.2) is 27.6 Å². The molecular formula is C14H15FN2O5S. The lowest BCUT2D eigenvalue weighted by Crippen LogP contribution is -2.27. The molecule has 1 aromatic heterocycles. The fourth-order valence-corrected chi connectivity index (χ4v) is 3.28. The molecule has 0 saturated carbocycles. The van der Waals surface area contributed by atoms with Gasteiger partial charge in [-0.3, -0.25) is 0 Å². The van der Waals surface area contributed by atoms with Gasteiger partial charge in [0.05, 0.1) is 22.7 Å². The molecule has 0 spiro atoms. The van der Waals surface area contributed by atoms with Crippen molar-refractivity contribution in [3.05, 3.63) is 46.6 Å². The van der Waals surface area contributed by atoms with E-state index < -0.39 is 27.4 Å². The van der Waals surface area contributed by atoms with Gasteiger partial charge in [-0.15, -0.1) is 0 Å². The quantitative estimate of drug-likeness (QED) is 0.891. The molecule has 1 heterocycles. The molecule has 7 nitrogen and oxygen atoms in total. The second-order valence-electron chi connectivity index (χ2n) is 5.10. The van der Waals surface area contributed by atoms with Crippen LogP contribution in [0.5, 0.6) is 0 Å². The highest BCUT2D eigenvalue weighted by Gasteiger charge is 2.25. The Hall–Kier alpha value is -2.26. The minimum absolute atomic E-state index is 0.0570. The number of carboxylic acid groups (broad SMARTS) is 1. The first kappa shape index (κ1) is 17.1. The Labute approximate surface area is 132 Å². The van der Waals surface area contributed by atoms with Gasteiger partial charge in [-0.2, -0.15) is 4.31 Å². The number of carbonyl (C=O) groups is 1. The van der Waals surface area contributed by atoms with E-state index in [2.05, 4.69) is 5.16 Å². The number of aryl methyl sites for hydroxylation is 2. The van der Waals surface area contributed by atoms with E-state index in [4.69, 9.17) is 9.63 Å². The van der Waals surface area contributed by atoms with Gasteiger partial charge < -0.3 is 9.63 Å². The predicted octanol–water partition coefficient (Wildman–Crippen LogP) is 1.95. The van der Waals surface area contributed by atoms with Crippen LogP contribution in [0.1, 0.15) is 27.4 Å². The van der Waals surface area contributed by atoms with Gasteiger partial charge in [-0.1, -0.05) is 5.16 Å². The smallest absolute Gasteiger partial charge is 0.338 e. The molecule has 0 aliphatic carbocycles. The van der Waals surface area contributed by atoms with Gasteiger partial charge in [0.2, 0.25) is 10.0 Å². The van der Waals surface area contributed by atoms with Gasteiger partial charge in [0.25, 0.3) is 0 Å². The number of aromatic carboxylic acids is 1. The van der Waals surface area contributed by atoms with E-state index in [1.165, 1.54) is 14.0 Å². The molecule has 0 amide bonds. The van der Waals surface area contributed by atoms with Gasteiger partial charge in [-0.05, 0) is 31.5 Å². The summed E-state index contributed by atoms with van der Waals surface area (Å²) in [6, 6.07) is 3.50. The number of aromatic nitrogens is 1. The van der Waals surface area contributed by atoms with Crippen molar-refractivity contribution in [1.29, 1.82) is 0 Å². The Morgan fingerprint density at radius 3 is 2.52 bits per heavy atom. The molecule has 0 fully saturated rings. The van der Waals surface area contributed by atoms with Crippen LogP contribution in [0, 0.1) is 19.7 Å². The lowest BCUT2D eigenvalue weighted by Gasteiger charge is -2.17. The lowest BCUT2D eigenvalue weighted by molar-refractivity contribution is 0.0691. The highest BCUT2D eigenvalue weighted by molar-refractivity contribution is 7.89. The van der Waals surface area contributed by atoms with Gasteiger partial charge >= 0.3 is 5.97 Å².